The number of thioether (sulfide) groups is 1. The van der Waals surface area contributed by atoms with Crippen molar-refractivity contribution < 1.29 is 26.0 Å². The van der Waals surface area contributed by atoms with E-state index < -0.39 is 42.7 Å². The summed E-state index contributed by atoms with van der Waals surface area (Å²) >= 11 is 1.42. The molecule has 0 radical (unpaired) electrons. The predicted octanol–water partition coefficient (Wildman–Crippen LogP) is 1.19. The summed E-state index contributed by atoms with van der Waals surface area (Å²) in [6, 6.07) is 9.45. The zero-order valence-electron chi connectivity index (χ0n) is 16.0. The first kappa shape index (κ1) is 24.3. The van der Waals surface area contributed by atoms with Crippen LogP contribution in [0.1, 0.15) is 12.0 Å². The number of rotatable bonds is 10. The Labute approximate surface area is 179 Å². The summed E-state index contributed by atoms with van der Waals surface area (Å²) < 4.78 is 64.1. The van der Waals surface area contributed by atoms with Crippen LogP contribution in [0.25, 0.3) is 0 Å². The molecule has 0 aliphatic carbocycles. The van der Waals surface area contributed by atoms with Crippen molar-refractivity contribution in [2.24, 2.45) is 5.14 Å². The van der Waals surface area contributed by atoms with Crippen molar-refractivity contribution in [3.63, 3.8) is 0 Å². The number of carbonyl (C=O) groups excluding carboxylic acids is 1. The monoisotopic (exact) mass is 475 g/mol. The second-order valence-electron chi connectivity index (χ2n) is 6.30. The zero-order chi connectivity index (χ0) is 22.4. The molecule has 1 unspecified atom stereocenters. The van der Waals surface area contributed by atoms with Gasteiger partial charge >= 0.3 is 0 Å². The third-order valence-corrected chi connectivity index (χ3v) is 7.10. The standard InChI is InChI=1S/C18H22FN3O5S3/c1-28-10-9-16(22-30(26,27)17-8-3-2-7-15(17)19)18(23)21-12-13-5-4-6-14(11-13)29(20,24)25/h2-8,11,16,22H,9-10,12H2,1H3,(H,21,23)(H2,20,24,25). The molecule has 1 amide bonds. The minimum absolute atomic E-state index is 0.0423. The summed E-state index contributed by atoms with van der Waals surface area (Å²) in [4.78, 5) is 12.0. The lowest BCUT2D eigenvalue weighted by molar-refractivity contribution is -0.122. The van der Waals surface area contributed by atoms with Crippen molar-refractivity contribution in [1.29, 1.82) is 0 Å². The fourth-order valence-corrected chi connectivity index (χ4v) is 4.90. The molecule has 2 rings (SSSR count). The molecule has 2 aromatic rings. The number of benzene rings is 2. The molecule has 0 spiro atoms. The minimum Gasteiger partial charge on any atom is -0.351 e. The lowest BCUT2D eigenvalue weighted by atomic mass is 10.2. The van der Waals surface area contributed by atoms with Crippen LogP contribution in [0.15, 0.2) is 58.3 Å². The Bertz CT molecular complexity index is 1110. The highest BCUT2D eigenvalue weighted by molar-refractivity contribution is 7.98. The molecule has 8 nitrogen and oxygen atoms in total. The lowest BCUT2D eigenvalue weighted by Gasteiger charge is -2.18. The molecule has 0 bridgehead atoms. The van der Waals surface area contributed by atoms with Crippen LogP contribution in [0, 0.1) is 5.82 Å². The van der Waals surface area contributed by atoms with Gasteiger partial charge in [-0.3, -0.25) is 4.79 Å². The van der Waals surface area contributed by atoms with Gasteiger partial charge in [0.1, 0.15) is 16.8 Å². The van der Waals surface area contributed by atoms with Crippen LogP contribution in [0.2, 0.25) is 0 Å². The van der Waals surface area contributed by atoms with Gasteiger partial charge in [0.05, 0.1) is 4.90 Å². The Hall–Kier alpha value is -1.99. The molecule has 0 saturated heterocycles. The fourth-order valence-electron chi connectivity index (χ4n) is 2.54. The largest absolute Gasteiger partial charge is 0.351 e. The molecule has 0 heterocycles. The fraction of sp³-hybridized carbons (Fsp3) is 0.278. The Morgan fingerprint density at radius 1 is 1.13 bits per heavy atom. The second-order valence-corrected chi connectivity index (χ2v) is 10.5. The van der Waals surface area contributed by atoms with Crippen molar-refractivity contribution in [2.75, 3.05) is 12.0 Å². The van der Waals surface area contributed by atoms with E-state index in [4.69, 9.17) is 5.14 Å². The van der Waals surface area contributed by atoms with Crippen molar-refractivity contribution in [3.05, 3.63) is 59.9 Å². The predicted molar refractivity (Wildman–Crippen MR) is 113 cm³/mol. The number of amides is 1. The number of carbonyl (C=O) groups is 1. The summed E-state index contributed by atoms with van der Waals surface area (Å²) in [5.74, 6) is -1.06. The molecular formula is C18H22FN3O5S3. The second kappa shape index (κ2) is 10.4. The number of nitrogens with one attached hydrogen (secondary N) is 2. The molecule has 0 aliphatic heterocycles. The van der Waals surface area contributed by atoms with Crippen molar-refractivity contribution in [1.82, 2.24) is 10.0 Å². The first-order valence-electron chi connectivity index (χ1n) is 8.70. The summed E-state index contributed by atoms with van der Waals surface area (Å²) in [6.45, 7) is -0.0423. The maximum absolute atomic E-state index is 13.9. The van der Waals surface area contributed by atoms with Gasteiger partial charge in [-0.15, -0.1) is 0 Å². The van der Waals surface area contributed by atoms with Gasteiger partial charge in [0.15, 0.2) is 0 Å². The number of hydrogen-bond acceptors (Lipinski definition) is 6. The number of halogens is 1. The summed E-state index contributed by atoms with van der Waals surface area (Å²) in [5, 5.41) is 7.67. The molecule has 0 aliphatic rings. The quantitative estimate of drug-likeness (QED) is 0.472. The molecule has 12 heteroatoms. The Balaban J connectivity index is 2.15. The summed E-state index contributed by atoms with van der Waals surface area (Å²) in [6.07, 6.45) is 1.98. The molecule has 4 N–H and O–H groups in total. The maximum Gasteiger partial charge on any atom is 0.244 e. The van der Waals surface area contributed by atoms with Gasteiger partial charge in [0.2, 0.25) is 26.0 Å². The maximum atomic E-state index is 13.9. The molecule has 1 atom stereocenters. The molecule has 0 saturated carbocycles. The van der Waals surface area contributed by atoms with E-state index in [-0.39, 0.29) is 17.9 Å². The number of hydrogen-bond donors (Lipinski definition) is 3. The highest BCUT2D eigenvalue weighted by atomic mass is 32.2. The van der Waals surface area contributed by atoms with E-state index in [0.29, 0.717) is 11.3 Å². The number of primary sulfonamides is 1. The molecular weight excluding hydrogens is 453 g/mol. The molecule has 30 heavy (non-hydrogen) atoms. The van der Waals surface area contributed by atoms with E-state index in [9.17, 15) is 26.0 Å². The first-order chi connectivity index (χ1) is 14.0. The van der Waals surface area contributed by atoms with Gasteiger partial charge in [-0.05, 0) is 48.3 Å². The van der Waals surface area contributed by atoms with E-state index in [0.717, 1.165) is 12.1 Å². The molecule has 2 aromatic carbocycles. The van der Waals surface area contributed by atoms with Crippen LogP contribution in [0.3, 0.4) is 0 Å². The Morgan fingerprint density at radius 3 is 2.47 bits per heavy atom. The van der Waals surface area contributed by atoms with Gasteiger partial charge in [-0.2, -0.15) is 16.5 Å². The third kappa shape index (κ3) is 6.77. The summed E-state index contributed by atoms with van der Waals surface area (Å²) in [5.41, 5.74) is 0.468. The topological polar surface area (TPSA) is 135 Å². The van der Waals surface area contributed by atoms with Gasteiger partial charge in [0.25, 0.3) is 0 Å². The average Bonchev–Trinajstić information content (AvgIpc) is 2.69. The number of nitrogens with two attached hydrogens (primary N) is 1. The SMILES string of the molecule is CSCCC(NS(=O)(=O)c1ccccc1F)C(=O)NCc1cccc(S(N)(=O)=O)c1. The highest BCUT2D eigenvalue weighted by Gasteiger charge is 2.27. The van der Waals surface area contributed by atoms with Crippen molar-refractivity contribution in [2.45, 2.75) is 28.8 Å². The van der Waals surface area contributed by atoms with Crippen LogP contribution in [0.4, 0.5) is 4.39 Å². The Morgan fingerprint density at radius 2 is 1.83 bits per heavy atom. The van der Waals surface area contributed by atoms with E-state index in [1.54, 1.807) is 12.3 Å². The van der Waals surface area contributed by atoms with Gasteiger partial charge in [0, 0.05) is 6.54 Å². The zero-order valence-corrected chi connectivity index (χ0v) is 18.5. The molecule has 164 valence electrons. The van der Waals surface area contributed by atoms with E-state index in [2.05, 4.69) is 10.0 Å². The number of sulfonamides is 2. The van der Waals surface area contributed by atoms with Crippen molar-refractivity contribution >= 4 is 37.7 Å². The van der Waals surface area contributed by atoms with Gasteiger partial charge in [-0.1, -0.05) is 24.3 Å². The molecule has 0 fully saturated rings. The third-order valence-electron chi connectivity index (χ3n) is 4.04. The minimum atomic E-state index is -4.27. The van der Waals surface area contributed by atoms with E-state index in [1.807, 2.05) is 0 Å². The average molecular weight is 476 g/mol. The summed E-state index contributed by atoms with van der Waals surface area (Å²) in [7, 11) is -8.16. The van der Waals surface area contributed by atoms with E-state index in [1.165, 1.54) is 42.1 Å². The van der Waals surface area contributed by atoms with Gasteiger partial charge < -0.3 is 5.32 Å². The normalized spacial score (nSPS) is 13.0. The van der Waals surface area contributed by atoms with Crippen LogP contribution >= 0.6 is 11.8 Å². The van der Waals surface area contributed by atoms with Crippen LogP contribution in [-0.2, 0) is 31.4 Å². The van der Waals surface area contributed by atoms with Crippen LogP contribution in [0.5, 0.6) is 0 Å². The molecule has 0 aromatic heterocycles. The van der Waals surface area contributed by atoms with E-state index >= 15 is 0 Å². The first-order valence-corrected chi connectivity index (χ1v) is 13.1. The Kier molecular flexibility index (Phi) is 8.38. The van der Waals surface area contributed by atoms with Crippen LogP contribution in [-0.4, -0.2) is 40.8 Å². The van der Waals surface area contributed by atoms with Crippen molar-refractivity contribution in [3.8, 4) is 0 Å². The van der Waals surface area contributed by atoms with Gasteiger partial charge in [-0.25, -0.2) is 26.4 Å². The van der Waals surface area contributed by atoms with Crippen LogP contribution < -0.4 is 15.2 Å². The smallest absolute Gasteiger partial charge is 0.244 e. The lowest BCUT2D eigenvalue weighted by Crippen LogP contribution is -2.46. The highest BCUT2D eigenvalue weighted by Crippen LogP contribution is 2.15.